The lowest BCUT2D eigenvalue weighted by Gasteiger charge is -2.32. The fourth-order valence-corrected chi connectivity index (χ4v) is 3.82. The van der Waals surface area contributed by atoms with Crippen molar-refractivity contribution < 1.29 is 9.53 Å². The highest BCUT2D eigenvalue weighted by atomic mass is 32.1. The lowest BCUT2D eigenvalue weighted by atomic mass is 10.1. The molecule has 0 bridgehead atoms. The van der Waals surface area contributed by atoms with E-state index in [0.717, 1.165) is 26.3 Å². The number of urea groups is 1. The van der Waals surface area contributed by atoms with Crippen LogP contribution < -0.4 is 10.6 Å². The van der Waals surface area contributed by atoms with Crippen molar-refractivity contribution >= 4 is 17.4 Å². The minimum atomic E-state index is -0.101. The third-order valence-electron chi connectivity index (χ3n) is 4.12. The molecule has 2 amide bonds. The highest BCUT2D eigenvalue weighted by Crippen LogP contribution is 2.25. The zero-order valence-electron chi connectivity index (χ0n) is 13.9. The lowest BCUT2D eigenvalue weighted by Crippen LogP contribution is -2.49. The number of hydrogen-bond donors (Lipinski definition) is 2. The number of ether oxygens (including phenoxy) is 1. The Morgan fingerprint density at radius 1 is 1.36 bits per heavy atom. The van der Waals surface area contributed by atoms with Gasteiger partial charge in [0.05, 0.1) is 19.3 Å². The summed E-state index contributed by atoms with van der Waals surface area (Å²) in [4.78, 5) is 17.0. The molecule has 1 aliphatic heterocycles. The molecule has 2 unspecified atom stereocenters. The maximum Gasteiger partial charge on any atom is 0.315 e. The molecule has 2 rings (SSSR count). The van der Waals surface area contributed by atoms with Crippen LogP contribution in [0, 0.1) is 13.8 Å². The number of amides is 2. The van der Waals surface area contributed by atoms with Gasteiger partial charge in [-0.05, 0) is 39.3 Å². The highest BCUT2D eigenvalue weighted by molar-refractivity contribution is 7.12. The third kappa shape index (κ3) is 4.69. The Morgan fingerprint density at radius 3 is 2.64 bits per heavy atom. The minimum Gasteiger partial charge on any atom is -0.379 e. The van der Waals surface area contributed by atoms with E-state index in [0.29, 0.717) is 12.6 Å². The van der Waals surface area contributed by atoms with Gasteiger partial charge in [-0.15, -0.1) is 11.3 Å². The molecule has 0 spiro atoms. The summed E-state index contributed by atoms with van der Waals surface area (Å²) in [6.07, 6.45) is 0. The summed E-state index contributed by atoms with van der Waals surface area (Å²) in [5, 5.41) is 6.00. The Kier molecular flexibility index (Phi) is 6.23. The molecule has 0 saturated carbocycles. The van der Waals surface area contributed by atoms with Gasteiger partial charge in [0.15, 0.2) is 0 Å². The van der Waals surface area contributed by atoms with Crippen molar-refractivity contribution in [3.63, 3.8) is 0 Å². The molecular formula is C16H27N3O2S. The fourth-order valence-electron chi connectivity index (χ4n) is 2.79. The first-order chi connectivity index (χ1) is 10.5. The van der Waals surface area contributed by atoms with Crippen LogP contribution in [0.15, 0.2) is 6.07 Å². The second-order valence-electron chi connectivity index (χ2n) is 5.94. The molecule has 124 valence electrons. The zero-order chi connectivity index (χ0) is 16.1. The molecule has 2 heterocycles. The number of carbonyl (C=O) groups is 1. The van der Waals surface area contributed by atoms with E-state index in [1.807, 2.05) is 6.92 Å². The maximum absolute atomic E-state index is 12.1. The van der Waals surface area contributed by atoms with Gasteiger partial charge in [-0.2, -0.15) is 0 Å². The predicted molar refractivity (Wildman–Crippen MR) is 90.6 cm³/mol. The van der Waals surface area contributed by atoms with Crippen LogP contribution in [0.2, 0.25) is 0 Å². The third-order valence-corrected chi connectivity index (χ3v) is 5.10. The van der Waals surface area contributed by atoms with Crippen molar-refractivity contribution in [1.82, 2.24) is 15.5 Å². The smallest absolute Gasteiger partial charge is 0.315 e. The van der Waals surface area contributed by atoms with Gasteiger partial charge in [0.2, 0.25) is 0 Å². The van der Waals surface area contributed by atoms with Gasteiger partial charge in [0.25, 0.3) is 0 Å². The first-order valence-electron chi connectivity index (χ1n) is 7.90. The number of hydrogen-bond acceptors (Lipinski definition) is 4. The molecule has 0 aliphatic carbocycles. The quantitative estimate of drug-likeness (QED) is 0.874. The molecule has 2 N–H and O–H groups in total. The molecule has 0 radical (unpaired) electrons. The van der Waals surface area contributed by atoms with Crippen molar-refractivity contribution in [1.29, 1.82) is 0 Å². The van der Waals surface area contributed by atoms with Crippen molar-refractivity contribution in [3.8, 4) is 0 Å². The SMILES string of the molecule is Cc1cc(C(C)NC(=O)NCC(C)N2CCOCC2)c(C)s1. The van der Waals surface area contributed by atoms with Crippen LogP contribution in [0.5, 0.6) is 0 Å². The summed E-state index contributed by atoms with van der Waals surface area (Å²) in [6, 6.07) is 2.41. The van der Waals surface area contributed by atoms with Crippen LogP contribution in [-0.2, 0) is 4.74 Å². The molecule has 1 aromatic rings. The van der Waals surface area contributed by atoms with Gasteiger partial charge in [0, 0.05) is 35.4 Å². The molecule has 5 nitrogen and oxygen atoms in total. The van der Waals surface area contributed by atoms with Crippen molar-refractivity contribution in [2.45, 2.75) is 39.8 Å². The second kappa shape index (κ2) is 7.94. The van der Waals surface area contributed by atoms with Gasteiger partial charge in [0.1, 0.15) is 0 Å². The number of morpholine rings is 1. The summed E-state index contributed by atoms with van der Waals surface area (Å²) in [5.74, 6) is 0. The molecule has 1 fully saturated rings. The first-order valence-corrected chi connectivity index (χ1v) is 8.72. The van der Waals surface area contributed by atoms with Crippen molar-refractivity contribution in [3.05, 3.63) is 21.4 Å². The molecule has 22 heavy (non-hydrogen) atoms. The Bertz CT molecular complexity index is 498. The number of nitrogens with zero attached hydrogens (tertiary/aromatic N) is 1. The molecule has 1 saturated heterocycles. The lowest BCUT2D eigenvalue weighted by molar-refractivity contribution is 0.0209. The van der Waals surface area contributed by atoms with Gasteiger partial charge in [-0.1, -0.05) is 0 Å². The molecular weight excluding hydrogens is 298 g/mol. The normalized spacial score (nSPS) is 18.7. The van der Waals surface area contributed by atoms with E-state index in [9.17, 15) is 4.79 Å². The zero-order valence-corrected chi connectivity index (χ0v) is 14.8. The van der Waals surface area contributed by atoms with E-state index in [4.69, 9.17) is 4.74 Å². The van der Waals surface area contributed by atoms with Crippen LogP contribution in [0.1, 0.15) is 35.2 Å². The van der Waals surface area contributed by atoms with Crippen LogP contribution in [-0.4, -0.2) is 49.8 Å². The monoisotopic (exact) mass is 325 g/mol. The second-order valence-corrected chi connectivity index (χ2v) is 7.40. The number of nitrogens with one attached hydrogen (secondary N) is 2. The molecule has 1 aliphatic rings. The standard InChI is InChI=1S/C16H27N3O2S/c1-11(19-5-7-21-8-6-19)10-17-16(20)18-13(3)15-9-12(2)22-14(15)4/h9,11,13H,5-8,10H2,1-4H3,(H2,17,18,20). The fraction of sp³-hybridized carbons (Fsp3) is 0.688. The summed E-state index contributed by atoms with van der Waals surface area (Å²) < 4.78 is 5.35. The van der Waals surface area contributed by atoms with E-state index >= 15 is 0 Å². The first kappa shape index (κ1) is 17.2. The Morgan fingerprint density at radius 2 is 2.05 bits per heavy atom. The minimum absolute atomic E-state index is 0.0312. The van der Waals surface area contributed by atoms with Crippen LogP contribution in [0.3, 0.4) is 0 Å². The number of carbonyl (C=O) groups excluding carboxylic acids is 1. The largest absolute Gasteiger partial charge is 0.379 e. The number of rotatable bonds is 5. The molecule has 2 atom stereocenters. The Balaban J connectivity index is 1.76. The average Bonchev–Trinajstić information content (AvgIpc) is 2.84. The van der Waals surface area contributed by atoms with Crippen LogP contribution in [0.25, 0.3) is 0 Å². The van der Waals surface area contributed by atoms with E-state index in [1.54, 1.807) is 11.3 Å². The summed E-state index contributed by atoms with van der Waals surface area (Å²) in [6.45, 7) is 12.5. The Labute approximate surface area is 137 Å². The van der Waals surface area contributed by atoms with Crippen LogP contribution >= 0.6 is 11.3 Å². The van der Waals surface area contributed by atoms with E-state index < -0.39 is 0 Å². The topological polar surface area (TPSA) is 53.6 Å². The summed E-state index contributed by atoms with van der Waals surface area (Å²) >= 11 is 1.77. The average molecular weight is 325 g/mol. The van der Waals surface area contributed by atoms with E-state index in [-0.39, 0.29) is 12.1 Å². The predicted octanol–water partition coefficient (Wildman–Crippen LogP) is 2.45. The summed E-state index contributed by atoms with van der Waals surface area (Å²) in [7, 11) is 0. The van der Waals surface area contributed by atoms with E-state index in [1.165, 1.54) is 15.3 Å². The van der Waals surface area contributed by atoms with Crippen molar-refractivity contribution in [2.24, 2.45) is 0 Å². The van der Waals surface area contributed by atoms with Gasteiger partial charge in [-0.3, -0.25) is 4.90 Å². The van der Waals surface area contributed by atoms with Crippen LogP contribution in [0.4, 0.5) is 4.79 Å². The number of thiophene rings is 1. The van der Waals surface area contributed by atoms with Gasteiger partial charge >= 0.3 is 6.03 Å². The molecule has 0 aromatic carbocycles. The summed E-state index contributed by atoms with van der Waals surface area (Å²) in [5.41, 5.74) is 1.21. The van der Waals surface area contributed by atoms with Crippen molar-refractivity contribution in [2.75, 3.05) is 32.8 Å². The van der Waals surface area contributed by atoms with Gasteiger partial charge in [-0.25, -0.2) is 4.79 Å². The Hall–Kier alpha value is -1.11. The van der Waals surface area contributed by atoms with E-state index in [2.05, 4.69) is 42.4 Å². The maximum atomic E-state index is 12.1. The highest BCUT2D eigenvalue weighted by Gasteiger charge is 2.18. The molecule has 6 heteroatoms. The number of aryl methyl sites for hydroxylation is 2. The van der Waals surface area contributed by atoms with Gasteiger partial charge < -0.3 is 15.4 Å². The molecule has 1 aromatic heterocycles.